The fraction of sp³-hybridized carbons (Fsp3) is 0.520. The van der Waals surface area contributed by atoms with Gasteiger partial charge in [-0.15, -0.1) is 0 Å². The molecule has 1 saturated heterocycles. The van der Waals surface area contributed by atoms with E-state index in [1.165, 1.54) is 5.56 Å². The molecule has 2 heterocycles. The van der Waals surface area contributed by atoms with Gasteiger partial charge in [-0.1, -0.05) is 0 Å². The van der Waals surface area contributed by atoms with Gasteiger partial charge in [-0.2, -0.15) is 0 Å². The van der Waals surface area contributed by atoms with E-state index in [2.05, 4.69) is 32.7 Å². The van der Waals surface area contributed by atoms with Gasteiger partial charge in [0.15, 0.2) is 0 Å². The number of pyridine rings is 1. The summed E-state index contributed by atoms with van der Waals surface area (Å²) in [4.78, 5) is 19.2. The van der Waals surface area contributed by atoms with Crippen LogP contribution in [0.2, 0.25) is 0 Å². The largest absolute Gasteiger partial charge is 0.491 e. The molecule has 0 atom stereocenters. The molecule has 0 saturated carbocycles. The molecule has 0 radical (unpaired) electrons. The average Bonchev–Trinajstić information content (AvgIpc) is 2.74. The zero-order chi connectivity index (χ0) is 23.1. The smallest absolute Gasteiger partial charge is 0.253 e. The van der Waals surface area contributed by atoms with Crippen molar-refractivity contribution in [2.45, 2.75) is 65.3 Å². The number of benzene rings is 1. The summed E-state index contributed by atoms with van der Waals surface area (Å²) in [5, 5.41) is 6.11. The fourth-order valence-electron chi connectivity index (χ4n) is 3.84. The first kappa shape index (κ1) is 23.9. The summed E-state index contributed by atoms with van der Waals surface area (Å²) in [6, 6.07) is 9.95. The Morgan fingerprint density at radius 3 is 2.19 bits per heavy atom. The predicted molar refractivity (Wildman–Crippen MR) is 128 cm³/mol. The number of hydrogen-bond acceptors (Lipinski definition) is 6. The minimum absolute atomic E-state index is 0.0624. The van der Waals surface area contributed by atoms with Gasteiger partial charge < -0.3 is 20.1 Å². The van der Waals surface area contributed by atoms with Crippen LogP contribution in [0.3, 0.4) is 0 Å². The number of anilines is 1. The van der Waals surface area contributed by atoms with Crippen LogP contribution >= 0.6 is 0 Å². The van der Waals surface area contributed by atoms with Gasteiger partial charge >= 0.3 is 0 Å². The number of rotatable bonds is 9. The Bertz CT molecular complexity index is 847. The van der Waals surface area contributed by atoms with Crippen molar-refractivity contribution in [3.05, 3.63) is 47.7 Å². The molecule has 1 aliphatic heterocycles. The Hall–Kier alpha value is -2.80. The van der Waals surface area contributed by atoms with Crippen molar-refractivity contribution >= 4 is 11.7 Å². The number of nitrogens with one attached hydrogen (secondary N) is 2. The SMILES string of the molecule is CNc1ccc(C(=O)NC2CCN(Cc3cc(OC(C)C)cc(OC(C)C)c3)CC2)cn1. The lowest BCUT2D eigenvalue weighted by Crippen LogP contribution is -2.44. The van der Waals surface area contributed by atoms with E-state index in [1.54, 1.807) is 12.3 Å². The lowest BCUT2D eigenvalue weighted by Gasteiger charge is -2.32. The number of amides is 1. The molecular formula is C25H36N4O3. The number of carbonyl (C=O) groups excluding carboxylic acids is 1. The molecule has 1 amide bonds. The number of likely N-dealkylation sites (tertiary alicyclic amines) is 1. The highest BCUT2D eigenvalue weighted by Crippen LogP contribution is 2.26. The van der Waals surface area contributed by atoms with Gasteiger partial charge in [-0.05, 0) is 70.4 Å². The number of piperidine rings is 1. The summed E-state index contributed by atoms with van der Waals surface area (Å²) >= 11 is 0. The monoisotopic (exact) mass is 440 g/mol. The third-order valence-electron chi connectivity index (χ3n) is 5.29. The molecule has 0 bridgehead atoms. The van der Waals surface area contributed by atoms with Crippen molar-refractivity contribution in [2.75, 3.05) is 25.5 Å². The maximum Gasteiger partial charge on any atom is 0.253 e. The van der Waals surface area contributed by atoms with Crippen LogP contribution in [0.5, 0.6) is 11.5 Å². The number of nitrogens with zero attached hydrogens (tertiary/aromatic N) is 2. The molecule has 1 fully saturated rings. The zero-order valence-corrected chi connectivity index (χ0v) is 19.9. The van der Waals surface area contributed by atoms with E-state index in [4.69, 9.17) is 9.47 Å². The van der Waals surface area contributed by atoms with Gasteiger partial charge in [0.1, 0.15) is 17.3 Å². The summed E-state index contributed by atoms with van der Waals surface area (Å²) in [5.41, 5.74) is 1.77. The molecule has 1 aromatic heterocycles. The molecule has 2 N–H and O–H groups in total. The Labute approximate surface area is 191 Å². The second-order valence-corrected chi connectivity index (χ2v) is 8.85. The Balaban J connectivity index is 1.55. The van der Waals surface area contributed by atoms with Crippen LogP contribution < -0.4 is 20.1 Å². The number of carbonyl (C=O) groups is 1. The van der Waals surface area contributed by atoms with Gasteiger partial charge in [0.05, 0.1) is 17.8 Å². The van der Waals surface area contributed by atoms with Crippen LogP contribution in [0.4, 0.5) is 5.82 Å². The van der Waals surface area contributed by atoms with E-state index < -0.39 is 0 Å². The third-order valence-corrected chi connectivity index (χ3v) is 5.29. The maximum atomic E-state index is 12.5. The average molecular weight is 441 g/mol. The number of aromatic nitrogens is 1. The van der Waals surface area contributed by atoms with Gasteiger partial charge in [-0.3, -0.25) is 9.69 Å². The lowest BCUT2D eigenvalue weighted by molar-refractivity contribution is 0.0908. The first-order valence-electron chi connectivity index (χ1n) is 11.5. The molecule has 174 valence electrons. The van der Waals surface area contributed by atoms with Crippen LogP contribution in [0, 0.1) is 0 Å². The van der Waals surface area contributed by atoms with Crippen LogP contribution in [0.15, 0.2) is 36.5 Å². The van der Waals surface area contributed by atoms with E-state index in [-0.39, 0.29) is 24.2 Å². The molecule has 1 aliphatic rings. The molecule has 0 unspecified atom stereocenters. The molecular weight excluding hydrogens is 404 g/mol. The molecule has 7 nitrogen and oxygen atoms in total. The first-order valence-corrected chi connectivity index (χ1v) is 11.5. The molecule has 0 spiro atoms. The van der Waals surface area contributed by atoms with E-state index in [9.17, 15) is 4.79 Å². The molecule has 32 heavy (non-hydrogen) atoms. The Morgan fingerprint density at radius 1 is 1.06 bits per heavy atom. The third kappa shape index (κ3) is 7.12. The highest BCUT2D eigenvalue weighted by atomic mass is 16.5. The van der Waals surface area contributed by atoms with Gasteiger partial charge in [0.2, 0.25) is 0 Å². The van der Waals surface area contributed by atoms with E-state index in [1.807, 2.05) is 46.9 Å². The van der Waals surface area contributed by atoms with Gasteiger partial charge in [0.25, 0.3) is 5.91 Å². The standard InChI is InChI=1S/C25H36N4O3/c1-17(2)31-22-12-19(13-23(14-22)32-18(3)4)16-29-10-8-21(9-11-29)28-25(30)20-6-7-24(26-5)27-15-20/h6-7,12-15,17-18,21H,8-11,16H2,1-5H3,(H,26,27)(H,28,30). The van der Waals surface area contributed by atoms with Crippen molar-refractivity contribution in [1.29, 1.82) is 0 Å². The van der Waals surface area contributed by atoms with Crippen LogP contribution in [0.1, 0.15) is 56.5 Å². The van der Waals surface area contributed by atoms with Gasteiger partial charge in [-0.25, -0.2) is 4.98 Å². The Morgan fingerprint density at radius 2 is 1.69 bits per heavy atom. The van der Waals surface area contributed by atoms with E-state index in [0.29, 0.717) is 5.56 Å². The molecule has 1 aromatic carbocycles. The number of hydrogen-bond donors (Lipinski definition) is 2. The van der Waals surface area contributed by atoms with Crippen molar-refractivity contribution in [3.8, 4) is 11.5 Å². The summed E-state index contributed by atoms with van der Waals surface area (Å²) in [5.74, 6) is 2.37. The summed E-state index contributed by atoms with van der Waals surface area (Å²) in [6.07, 6.45) is 3.68. The summed E-state index contributed by atoms with van der Waals surface area (Å²) in [6.45, 7) is 10.8. The lowest BCUT2D eigenvalue weighted by atomic mass is 10.0. The highest BCUT2D eigenvalue weighted by Gasteiger charge is 2.22. The maximum absolute atomic E-state index is 12.5. The summed E-state index contributed by atoms with van der Waals surface area (Å²) < 4.78 is 11.9. The molecule has 0 aliphatic carbocycles. The minimum atomic E-state index is -0.0624. The van der Waals surface area contributed by atoms with Crippen molar-refractivity contribution in [3.63, 3.8) is 0 Å². The normalized spacial score (nSPS) is 15.1. The Kier molecular flexibility index (Phi) is 8.33. The van der Waals surface area contributed by atoms with E-state index >= 15 is 0 Å². The van der Waals surface area contributed by atoms with E-state index in [0.717, 1.165) is 49.8 Å². The van der Waals surface area contributed by atoms with Crippen molar-refractivity contribution in [2.24, 2.45) is 0 Å². The first-order chi connectivity index (χ1) is 15.3. The van der Waals surface area contributed by atoms with Crippen molar-refractivity contribution in [1.82, 2.24) is 15.2 Å². The second kappa shape index (κ2) is 11.2. The fourth-order valence-corrected chi connectivity index (χ4v) is 3.84. The van der Waals surface area contributed by atoms with Crippen LogP contribution in [0.25, 0.3) is 0 Å². The highest BCUT2D eigenvalue weighted by molar-refractivity contribution is 5.94. The van der Waals surface area contributed by atoms with Crippen LogP contribution in [-0.4, -0.2) is 54.2 Å². The molecule has 7 heteroatoms. The number of ether oxygens (including phenoxy) is 2. The van der Waals surface area contributed by atoms with Gasteiger partial charge in [0, 0.05) is 45.0 Å². The zero-order valence-electron chi connectivity index (χ0n) is 19.9. The summed E-state index contributed by atoms with van der Waals surface area (Å²) in [7, 11) is 1.81. The molecule has 2 aromatic rings. The topological polar surface area (TPSA) is 75.7 Å². The van der Waals surface area contributed by atoms with Crippen LogP contribution in [-0.2, 0) is 6.54 Å². The van der Waals surface area contributed by atoms with Crippen molar-refractivity contribution < 1.29 is 14.3 Å². The quantitative estimate of drug-likeness (QED) is 0.612. The second-order valence-electron chi connectivity index (χ2n) is 8.85. The minimum Gasteiger partial charge on any atom is -0.491 e. The molecule has 3 rings (SSSR count). The predicted octanol–water partition coefficient (Wildman–Crippen LogP) is 4.09.